The topological polar surface area (TPSA) is 42.0 Å². The summed E-state index contributed by atoms with van der Waals surface area (Å²) in [5, 5.41) is 2.61. The van der Waals surface area contributed by atoms with Gasteiger partial charge in [-0.1, -0.05) is 13.0 Å². The first-order chi connectivity index (χ1) is 6.24. The van der Waals surface area contributed by atoms with Gasteiger partial charge >= 0.3 is 0 Å². The van der Waals surface area contributed by atoms with E-state index in [0.717, 1.165) is 5.56 Å². The minimum atomic E-state index is 0.0661. The number of amides is 1. The Morgan fingerprint density at radius 2 is 2.46 bits per heavy atom. The Morgan fingerprint density at radius 3 is 3.00 bits per heavy atom. The number of hydrogen-bond donors (Lipinski definition) is 1. The van der Waals surface area contributed by atoms with Crippen LogP contribution in [0.15, 0.2) is 24.5 Å². The smallest absolute Gasteiger partial charge is 0.220 e. The lowest BCUT2D eigenvalue weighted by Crippen LogP contribution is -2.19. The molecule has 1 aromatic rings. The fourth-order valence-corrected chi connectivity index (χ4v) is 1.17. The predicted molar refractivity (Wildman–Crippen MR) is 51.3 cm³/mol. The highest BCUT2D eigenvalue weighted by atomic mass is 16.1. The Kier molecular flexibility index (Phi) is 3.43. The minimum absolute atomic E-state index is 0.0661. The standard InChI is InChI=1S/C10H14N2O/c1-8(6-10(13)11-2)9-4-3-5-12-7-9/h3-5,7-8H,6H2,1-2H3,(H,11,13)/t8-/m0/s1. The number of hydrogen-bond acceptors (Lipinski definition) is 2. The Bertz CT molecular complexity index is 272. The molecule has 0 aliphatic rings. The molecule has 0 aliphatic heterocycles. The largest absolute Gasteiger partial charge is 0.359 e. The lowest BCUT2D eigenvalue weighted by Gasteiger charge is -2.09. The zero-order valence-electron chi connectivity index (χ0n) is 7.95. The van der Waals surface area contributed by atoms with Crippen LogP contribution in [0.4, 0.5) is 0 Å². The van der Waals surface area contributed by atoms with E-state index in [-0.39, 0.29) is 11.8 Å². The first-order valence-electron chi connectivity index (χ1n) is 4.34. The van der Waals surface area contributed by atoms with Gasteiger partial charge in [0.25, 0.3) is 0 Å². The van der Waals surface area contributed by atoms with Gasteiger partial charge in [-0.25, -0.2) is 0 Å². The first kappa shape index (κ1) is 9.71. The van der Waals surface area contributed by atoms with Crippen molar-refractivity contribution in [2.45, 2.75) is 19.3 Å². The van der Waals surface area contributed by atoms with E-state index in [9.17, 15) is 4.79 Å². The van der Waals surface area contributed by atoms with E-state index in [1.165, 1.54) is 0 Å². The van der Waals surface area contributed by atoms with Gasteiger partial charge in [0.2, 0.25) is 5.91 Å². The van der Waals surface area contributed by atoms with Crippen LogP contribution in [0.2, 0.25) is 0 Å². The summed E-state index contributed by atoms with van der Waals surface area (Å²) < 4.78 is 0. The van der Waals surface area contributed by atoms with Crippen molar-refractivity contribution in [1.82, 2.24) is 10.3 Å². The molecule has 0 radical (unpaired) electrons. The molecule has 1 atom stereocenters. The van der Waals surface area contributed by atoms with Crippen LogP contribution in [0.25, 0.3) is 0 Å². The molecule has 0 saturated heterocycles. The molecule has 1 amide bonds. The normalized spacial score (nSPS) is 12.2. The van der Waals surface area contributed by atoms with E-state index in [2.05, 4.69) is 10.3 Å². The van der Waals surface area contributed by atoms with Crippen LogP contribution >= 0.6 is 0 Å². The van der Waals surface area contributed by atoms with Crippen molar-refractivity contribution >= 4 is 5.91 Å². The highest BCUT2D eigenvalue weighted by Gasteiger charge is 2.09. The summed E-state index contributed by atoms with van der Waals surface area (Å²) in [5.41, 5.74) is 1.10. The highest BCUT2D eigenvalue weighted by Crippen LogP contribution is 2.16. The molecule has 3 heteroatoms. The van der Waals surface area contributed by atoms with E-state index in [1.54, 1.807) is 19.4 Å². The Balaban J connectivity index is 2.59. The molecule has 0 fully saturated rings. The minimum Gasteiger partial charge on any atom is -0.359 e. The molecule has 70 valence electrons. The molecule has 1 N–H and O–H groups in total. The van der Waals surface area contributed by atoms with Crippen molar-refractivity contribution in [2.75, 3.05) is 7.05 Å². The summed E-state index contributed by atoms with van der Waals surface area (Å²) in [6, 6.07) is 3.87. The SMILES string of the molecule is CNC(=O)C[C@H](C)c1cccnc1. The van der Waals surface area contributed by atoms with E-state index >= 15 is 0 Å². The third kappa shape index (κ3) is 2.86. The number of rotatable bonds is 3. The van der Waals surface area contributed by atoms with Gasteiger partial charge in [-0.2, -0.15) is 0 Å². The molecular weight excluding hydrogens is 164 g/mol. The van der Waals surface area contributed by atoms with E-state index < -0.39 is 0 Å². The fourth-order valence-electron chi connectivity index (χ4n) is 1.17. The Hall–Kier alpha value is -1.38. The van der Waals surface area contributed by atoms with Gasteiger partial charge in [-0.05, 0) is 17.5 Å². The maximum absolute atomic E-state index is 11.1. The van der Waals surface area contributed by atoms with Crippen LogP contribution in [0.3, 0.4) is 0 Å². The van der Waals surface area contributed by atoms with Crippen LogP contribution in [0.5, 0.6) is 0 Å². The first-order valence-corrected chi connectivity index (χ1v) is 4.34. The zero-order chi connectivity index (χ0) is 9.68. The number of nitrogens with one attached hydrogen (secondary N) is 1. The molecule has 0 aliphatic carbocycles. The molecule has 1 aromatic heterocycles. The Morgan fingerprint density at radius 1 is 1.69 bits per heavy atom. The van der Waals surface area contributed by atoms with Crippen LogP contribution in [-0.2, 0) is 4.79 Å². The molecule has 1 heterocycles. The maximum atomic E-state index is 11.1. The van der Waals surface area contributed by atoms with Crippen LogP contribution in [0.1, 0.15) is 24.8 Å². The molecular formula is C10H14N2O. The van der Waals surface area contributed by atoms with Gasteiger partial charge in [0.1, 0.15) is 0 Å². The van der Waals surface area contributed by atoms with E-state index in [0.29, 0.717) is 6.42 Å². The summed E-state index contributed by atoms with van der Waals surface area (Å²) in [7, 11) is 1.65. The van der Waals surface area contributed by atoms with E-state index in [4.69, 9.17) is 0 Å². The molecule has 0 bridgehead atoms. The van der Waals surface area contributed by atoms with Crippen LogP contribution in [0, 0.1) is 0 Å². The van der Waals surface area contributed by atoms with Crippen molar-refractivity contribution < 1.29 is 4.79 Å². The maximum Gasteiger partial charge on any atom is 0.220 e. The lowest BCUT2D eigenvalue weighted by atomic mass is 9.99. The van der Waals surface area contributed by atoms with Crippen molar-refractivity contribution in [1.29, 1.82) is 0 Å². The average Bonchev–Trinajstić information content (AvgIpc) is 2.19. The van der Waals surface area contributed by atoms with Gasteiger partial charge in [0, 0.05) is 25.9 Å². The summed E-state index contributed by atoms with van der Waals surface area (Å²) in [6.45, 7) is 2.02. The molecule has 13 heavy (non-hydrogen) atoms. The quantitative estimate of drug-likeness (QED) is 0.758. The number of aromatic nitrogens is 1. The molecule has 0 spiro atoms. The van der Waals surface area contributed by atoms with Gasteiger partial charge < -0.3 is 5.32 Å². The fraction of sp³-hybridized carbons (Fsp3) is 0.400. The van der Waals surface area contributed by atoms with Crippen molar-refractivity contribution in [3.05, 3.63) is 30.1 Å². The number of carbonyl (C=O) groups excluding carboxylic acids is 1. The second kappa shape index (κ2) is 4.60. The third-order valence-corrected chi connectivity index (χ3v) is 2.02. The van der Waals surface area contributed by atoms with Crippen molar-refractivity contribution in [3.8, 4) is 0 Å². The second-order valence-corrected chi connectivity index (χ2v) is 3.06. The monoisotopic (exact) mass is 178 g/mol. The summed E-state index contributed by atoms with van der Waals surface area (Å²) >= 11 is 0. The zero-order valence-corrected chi connectivity index (χ0v) is 7.95. The second-order valence-electron chi connectivity index (χ2n) is 3.06. The molecule has 1 rings (SSSR count). The summed E-state index contributed by atoms with van der Waals surface area (Å²) in [6.07, 6.45) is 4.05. The predicted octanol–water partition coefficient (Wildman–Crippen LogP) is 1.32. The van der Waals surface area contributed by atoms with Gasteiger partial charge in [-0.3, -0.25) is 9.78 Å². The highest BCUT2D eigenvalue weighted by molar-refractivity contribution is 5.76. The van der Waals surface area contributed by atoms with Gasteiger partial charge in [-0.15, -0.1) is 0 Å². The molecule has 0 saturated carbocycles. The number of pyridine rings is 1. The van der Waals surface area contributed by atoms with Gasteiger partial charge in [0.15, 0.2) is 0 Å². The molecule has 3 nitrogen and oxygen atoms in total. The van der Waals surface area contributed by atoms with Crippen molar-refractivity contribution in [2.24, 2.45) is 0 Å². The van der Waals surface area contributed by atoms with Crippen molar-refractivity contribution in [3.63, 3.8) is 0 Å². The van der Waals surface area contributed by atoms with E-state index in [1.807, 2.05) is 19.1 Å². The third-order valence-electron chi connectivity index (χ3n) is 2.02. The Labute approximate surface area is 78.2 Å². The summed E-state index contributed by atoms with van der Waals surface area (Å²) in [4.78, 5) is 15.1. The van der Waals surface area contributed by atoms with Crippen LogP contribution in [-0.4, -0.2) is 17.9 Å². The van der Waals surface area contributed by atoms with Crippen LogP contribution < -0.4 is 5.32 Å². The summed E-state index contributed by atoms with van der Waals surface area (Å²) in [5.74, 6) is 0.296. The molecule has 0 aromatic carbocycles. The lowest BCUT2D eigenvalue weighted by molar-refractivity contribution is -0.120. The number of nitrogens with zero attached hydrogens (tertiary/aromatic N) is 1. The number of carbonyl (C=O) groups is 1. The average molecular weight is 178 g/mol. The van der Waals surface area contributed by atoms with Gasteiger partial charge in [0.05, 0.1) is 0 Å². The molecule has 0 unspecified atom stereocenters.